The molecule has 6 heteroatoms. The van der Waals surface area contributed by atoms with E-state index in [1.165, 1.54) is 0 Å². The Kier molecular flexibility index (Phi) is 5.28. The van der Waals surface area contributed by atoms with Gasteiger partial charge in [-0.05, 0) is 38.6 Å². The Morgan fingerprint density at radius 1 is 1.40 bits per heavy atom. The van der Waals surface area contributed by atoms with Gasteiger partial charge in [-0.15, -0.1) is 10.2 Å². The number of aliphatic hydroxyl groups excluding tert-OH is 1. The number of nitrogens with zero attached hydrogens (tertiary/aromatic N) is 3. The van der Waals surface area contributed by atoms with E-state index in [0.717, 1.165) is 23.0 Å². The van der Waals surface area contributed by atoms with Crippen LogP contribution in [0.3, 0.4) is 0 Å². The van der Waals surface area contributed by atoms with Crippen molar-refractivity contribution in [3.63, 3.8) is 0 Å². The minimum atomic E-state index is -0.294. The fourth-order valence-corrected chi connectivity index (χ4v) is 2.17. The summed E-state index contributed by atoms with van der Waals surface area (Å²) in [6.45, 7) is 3.14. The van der Waals surface area contributed by atoms with Gasteiger partial charge < -0.3 is 9.52 Å². The van der Waals surface area contributed by atoms with Crippen molar-refractivity contribution in [2.45, 2.75) is 26.0 Å². The van der Waals surface area contributed by atoms with E-state index in [1.807, 2.05) is 36.2 Å². The van der Waals surface area contributed by atoms with Gasteiger partial charge in [-0.2, -0.15) is 0 Å². The average Bonchev–Trinajstić information content (AvgIpc) is 2.85. The summed E-state index contributed by atoms with van der Waals surface area (Å²) in [7, 11) is 1.96. The Hall–Kier alpha value is -1.24. The molecule has 0 aliphatic carbocycles. The van der Waals surface area contributed by atoms with Gasteiger partial charge in [-0.25, -0.2) is 0 Å². The second kappa shape index (κ2) is 6.97. The Morgan fingerprint density at radius 3 is 2.90 bits per heavy atom. The molecule has 0 radical (unpaired) electrons. The molecule has 1 unspecified atom stereocenters. The van der Waals surface area contributed by atoms with E-state index in [9.17, 15) is 5.11 Å². The minimum absolute atomic E-state index is 0.294. The van der Waals surface area contributed by atoms with Crippen molar-refractivity contribution in [1.29, 1.82) is 0 Å². The molecule has 2 rings (SSSR count). The summed E-state index contributed by atoms with van der Waals surface area (Å²) >= 11 is 3.42. The van der Waals surface area contributed by atoms with Gasteiger partial charge in [0.05, 0.1) is 12.6 Å². The second-order valence-corrected chi connectivity index (χ2v) is 5.80. The van der Waals surface area contributed by atoms with Gasteiger partial charge in [0.15, 0.2) is 0 Å². The predicted octanol–water partition coefficient (Wildman–Crippen LogP) is 2.70. The van der Waals surface area contributed by atoms with Gasteiger partial charge in [-0.1, -0.05) is 22.0 Å². The van der Waals surface area contributed by atoms with Crippen LogP contribution in [-0.4, -0.2) is 39.9 Å². The highest BCUT2D eigenvalue weighted by Crippen LogP contribution is 2.21. The first-order chi connectivity index (χ1) is 9.54. The Bertz CT molecular complexity index is 557. The molecule has 0 amide bonds. The van der Waals surface area contributed by atoms with E-state index in [0.29, 0.717) is 18.3 Å². The molecule has 5 nitrogen and oxygen atoms in total. The van der Waals surface area contributed by atoms with Crippen molar-refractivity contribution >= 4 is 15.9 Å². The maximum absolute atomic E-state index is 9.26. The monoisotopic (exact) mass is 339 g/mol. The van der Waals surface area contributed by atoms with Gasteiger partial charge in [0.2, 0.25) is 11.8 Å². The maximum atomic E-state index is 9.26. The highest BCUT2D eigenvalue weighted by atomic mass is 79.9. The first-order valence-corrected chi connectivity index (χ1v) is 7.29. The molecule has 1 heterocycles. The average molecular weight is 340 g/mol. The van der Waals surface area contributed by atoms with E-state index >= 15 is 0 Å². The standard InChI is InChI=1S/C14H18BrN3O2/c1-10(19)6-7-18(2)9-13-16-17-14(20-13)11-4-3-5-12(15)8-11/h3-5,8,10,19H,6-7,9H2,1-2H3. The van der Waals surface area contributed by atoms with Crippen LogP contribution in [0.1, 0.15) is 19.2 Å². The molecule has 1 N–H and O–H groups in total. The molecule has 0 fully saturated rings. The quantitative estimate of drug-likeness (QED) is 0.876. The fraction of sp³-hybridized carbons (Fsp3) is 0.429. The van der Waals surface area contributed by atoms with Crippen molar-refractivity contribution in [2.75, 3.05) is 13.6 Å². The molecule has 1 atom stereocenters. The molecule has 1 aromatic heterocycles. The van der Waals surface area contributed by atoms with Crippen LogP contribution in [0, 0.1) is 0 Å². The summed E-state index contributed by atoms with van der Waals surface area (Å²) in [5, 5.41) is 17.4. The Labute approximate surface area is 126 Å². The highest BCUT2D eigenvalue weighted by molar-refractivity contribution is 9.10. The van der Waals surface area contributed by atoms with Crippen molar-refractivity contribution in [2.24, 2.45) is 0 Å². The summed E-state index contributed by atoms with van der Waals surface area (Å²) < 4.78 is 6.63. The highest BCUT2D eigenvalue weighted by Gasteiger charge is 2.11. The number of hydrogen-bond acceptors (Lipinski definition) is 5. The fourth-order valence-electron chi connectivity index (χ4n) is 1.77. The lowest BCUT2D eigenvalue weighted by Crippen LogP contribution is -2.22. The van der Waals surface area contributed by atoms with Gasteiger partial charge >= 0.3 is 0 Å². The zero-order valence-corrected chi connectivity index (χ0v) is 13.2. The molecule has 2 aromatic rings. The minimum Gasteiger partial charge on any atom is -0.419 e. The van der Waals surface area contributed by atoms with E-state index in [1.54, 1.807) is 6.92 Å². The maximum Gasteiger partial charge on any atom is 0.247 e. The SMILES string of the molecule is CC(O)CCN(C)Cc1nnc(-c2cccc(Br)c2)o1. The largest absolute Gasteiger partial charge is 0.419 e. The molecule has 0 saturated heterocycles. The number of aliphatic hydroxyl groups is 1. The van der Waals surface area contributed by atoms with Crippen LogP contribution in [0.15, 0.2) is 33.2 Å². The first-order valence-electron chi connectivity index (χ1n) is 6.49. The lowest BCUT2D eigenvalue weighted by molar-refractivity contribution is 0.159. The van der Waals surface area contributed by atoms with E-state index < -0.39 is 0 Å². The zero-order valence-electron chi connectivity index (χ0n) is 11.6. The van der Waals surface area contributed by atoms with Crippen LogP contribution in [0.4, 0.5) is 0 Å². The molecule has 0 aliphatic rings. The topological polar surface area (TPSA) is 62.4 Å². The number of halogens is 1. The van der Waals surface area contributed by atoms with E-state index in [2.05, 4.69) is 26.1 Å². The van der Waals surface area contributed by atoms with Gasteiger partial charge in [-0.3, -0.25) is 4.90 Å². The molecule has 0 aliphatic heterocycles. The van der Waals surface area contributed by atoms with Gasteiger partial charge in [0.1, 0.15) is 0 Å². The molecule has 20 heavy (non-hydrogen) atoms. The molecule has 0 saturated carbocycles. The number of hydrogen-bond donors (Lipinski definition) is 1. The van der Waals surface area contributed by atoms with Crippen molar-refractivity contribution in [1.82, 2.24) is 15.1 Å². The van der Waals surface area contributed by atoms with E-state index in [4.69, 9.17) is 4.42 Å². The smallest absolute Gasteiger partial charge is 0.247 e. The first kappa shape index (κ1) is 15.2. The van der Waals surface area contributed by atoms with Crippen molar-refractivity contribution in [3.05, 3.63) is 34.6 Å². The lowest BCUT2D eigenvalue weighted by Gasteiger charge is -2.14. The molecular weight excluding hydrogens is 322 g/mol. The molecule has 108 valence electrons. The summed E-state index contributed by atoms with van der Waals surface area (Å²) in [6.07, 6.45) is 0.431. The van der Waals surface area contributed by atoms with Crippen molar-refractivity contribution < 1.29 is 9.52 Å². The van der Waals surface area contributed by atoms with Gasteiger partial charge in [0, 0.05) is 16.6 Å². The third kappa shape index (κ3) is 4.40. The Morgan fingerprint density at radius 2 is 2.20 bits per heavy atom. The molecule has 0 spiro atoms. The van der Waals surface area contributed by atoms with Gasteiger partial charge in [0.25, 0.3) is 0 Å². The third-order valence-corrected chi connectivity index (χ3v) is 3.37. The Balaban J connectivity index is 1.99. The second-order valence-electron chi connectivity index (χ2n) is 4.89. The summed E-state index contributed by atoms with van der Waals surface area (Å²) in [4.78, 5) is 2.05. The van der Waals surface area contributed by atoms with E-state index in [-0.39, 0.29) is 6.10 Å². The van der Waals surface area contributed by atoms with Crippen LogP contribution < -0.4 is 0 Å². The summed E-state index contributed by atoms with van der Waals surface area (Å²) in [6, 6.07) is 7.75. The summed E-state index contributed by atoms with van der Waals surface area (Å²) in [5.41, 5.74) is 0.893. The summed E-state index contributed by atoms with van der Waals surface area (Å²) in [5.74, 6) is 1.10. The predicted molar refractivity (Wildman–Crippen MR) is 80.1 cm³/mol. The van der Waals surface area contributed by atoms with Crippen LogP contribution in [0.25, 0.3) is 11.5 Å². The third-order valence-electron chi connectivity index (χ3n) is 2.87. The lowest BCUT2D eigenvalue weighted by atomic mass is 10.2. The molecule has 0 bridgehead atoms. The molecule has 1 aromatic carbocycles. The van der Waals surface area contributed by atoms with Crippen LogP contribution in [0.2, 0.25) is 0 Å². The van der Waals surface area contributed by atoms with Crippen LogP contribution in [-0.2, 0) is 6.54 Å². The zero-order chi connectivity index (χ0) is 14.5. The van der Waals surface area contributed by atoms with Crippen LogP contribution >= 0.6 is 15.9 Å². The normalized spacial score (nSPS) is 12.8. The number of aromatic nitrogens is 2. The molecular formula is C14H18BrN3O2. The number of benzene rings is 1. The van der Waals surface area contributed by atoms with Crippen molar-refractivity contribution in [3.8, 4) is 11.5 Å². The van der Waals surface area contributed by atoms with Crippen LogP contribution in [0.5, 0.6) is 0 Å². The number of rotatable bonds is 6.